The SMILES string of the molecule is CC(Nc1nc(N)ncc1C#N)c1cc2cccc(-c3cccc(C#N)c3)c2c(=O)n1-c1ccccc1. The van der Waals surface area contributed by atoms with Gasteiger partial charge in [0, 0.05) is 11.4 Å². The van der Waals surface area contributed by atoms with Gasteiger partial charge in [-0.3, -0.25) is 9.36 Å². The van der Waals surface area contributed by atoms with Crippen LogP contribution >= 0.6 is 0 Å². The van der Waals surface area contributed by atoms with Gasteiger partial charge >= 0.3 is 0 Å². The summed E-state index contributed by atoms with van der Waals surface area (Å²) in [5, 5.41) is 23.4. The molecular weight excluding hydrogens is 462 g/mol. The number of hydrogen-bond acceptors (Lipinski definition) is 7. The molecule has 37 heavy (non-hydrogen) atoms. The van der Waals surface area contributed by atoms with Gasteiger partial charge in [0.1, 0.15) is 17.5 Å². The quantitative estimate of drug-likeness (QED) is 0.361. The van der Waals surface area contributed by atoms with Crippen LogP contribution in [0.4, 0.5) is 11.8 Å². The fraction of sp³-hybridized carbons (Fsp3) is 0.0690. The minimum absolute atomic E-state index is 0.0388. The molecule has 2 aromatic heterocycles. The summed E-state index contributed by atoms with van der Waals surface area (Å²) in [7, 11) is 0. The molecule has 8 nitrogen and oxygen atoms in total. The Kier molecular flexibility index (Phi) is 6.07. The van der Waals surface area contributed by atoms with E-state index < -0.39 is 6.04 Å². The van der Waals surface area contributed by atoms with Crippen LogP contribution in [0.1, 0.15) is 29.8 Å². The molecule has 2 heterocycles. The van der Waals surface area contributed by atoms with Crippen LogP contribution in [0.15, 0.2) is 89.9 Å². The van der Waals surface area contributed by atoms with Gasteiger partial charge in [-0.1, -0.05) is 48.5 Å². The number of pyridine rings is 1. The van der Waals surface area contributed by atoms with E-state index in [0.717, 1.165) is 16.5 Å². The summed E-state index contributed by atoms with van der Waals surface area (Å²) in [5.41, 5.74) is 9.22. The van der Waals surface area contributed by atoms with Crippen LogP contribution in [-0.2, 0) is 0 Å². The summed E-state index contributed by atoms with van der Waals surface area (Å²) in [4.78, 5) is 22.3. The second-order valence-electron chi connectivity index (χ2n) is 8.48. The number of para-hydroxylation sites is 1. The second kappa shape index (κ2) is 9.65. The zero-order valence-electron chi connectivity index (χ0n) is 19.9. The summed E-state index contributed by atoms with van der Waals surface area (Å²) < 4.78 is 1.66. The fourth-order valence-corrected chi connectivity index (χ4v) is 4.41. The average molecular weight is 484 g/mol. The topological polar surface area (TPSA) is 133 Å². The molecule has 0 aliphatic carbocycles. The number of nitrogens with one attached hydrogen (secondary N) is 1. The number of nitrogens with two attached hydrogens (primary N) is 1. The fourth-order valence-electron chi connectivity index (χ4n) is 4.41. The number of nitriles is 2. The lowest BCUT2D eigenvalue weighted by atomic mass is 9.97. The minimum Gasteiger partial charge on any atom is -0.368 e. The lowest BCUT2D eigenvalue weighted by Gasteiger charge is -2.22. The number of nitrogens with zero attached hydrogens (tertiary/aromatic N) is 5. The zero-order chi connectivity index (χ0) is 25.9. The third-order valence-electron chi connectivity index (χ3n) is 6.12. The lowest BCUT2D eigenvalue weighted by Crippen LogP contribution is -2.26. The third-order valence-corrected chi connectivity index (χ3v) is 6.12. The van der Waals surface area contributed by atoms with Crippen LogP contribution in [0.2, 0.25) is 0 Å². The highest BCUT2D eigenvalue weighted by molar-refractivity contribution is 5.96. The Hall–Kier alpha value is -5.47. The van der Waals surface area contributed by atoms with Crippen molar-refractivity contribution in [3.05, 3.63) is 112 Å². The molecular formula is C29H21N7O. The van der Waals surface area contributed by atoms with E-state index in [0.29, 0.717) is 22.3 Å². The Balaban J connectivity index is 1.75. The Morgan fingerprint density at radius 3 is 2.51 bits per heavy atom. The summed E-state index contributed by atoms with van der Waals surface area (Å²) in [6.07, 6.45) is 1.36. The molecule has 0 aliphatic rings. The molecule has 0 aliphatic heterocycles. The highest BCUT2D eigenvalue weighted by Gasteiger charge is 2.20. The molecule has 0 saturated heterocycles. The predicted molar refractivity (Wildman–Crippen MR) is 143 cm³/mol. The summed E-state index contributed by atoms with van der Waals surface area (Å²) in [5.74, 6) is 0.327. The maximum atomic E-state index is 14.2. The van der Waals surface area contributed by atoms with Crippen molar-refractivity contribution >= 4 is 22.5 Å². The summed E-state index contributed by atoms with van der Waals surface area (Å²) >= 11 is 0. The van der Waals surface area contributed by atoms with Crippen molar-refractivity contribution in [1.82, 2.24) is 14.5 Å². The first-order valence-corrected chi connectivity index (χ1v) is 11.5. The molecule has 178 valence electrons. The largest absolute Gasteiger partial charge is 0.368 e. The summed E-state index contributed by atoms with van der Waals surface area (Å²) in [6, 6.07) is 28.0. The van der Waals surface area contributed by atoms with E-state index in [2.05, 4.69) is 27.4 Å². The molecule has 3 N–H and O–H groups in total. The number of aromatic nitrogens is 3. The molecule has 0 bridgehead atoms. The van der Waals surface area contributed by atoms with Gasteiger partial charge in [-0.2, -0.15) is 15.5 Å². The van der Waals surface area contributed by atoms with E-state index in [1.807, 2.05) is 73.7 Å². The first-order chi connectivity index (χ1) is 18.0. The maximum Gasteiger partial charge on any atom is 0.263 e. The van der Waals surface area contributed by atoms with E-state index in [-0.39, 0.29) is 22.9 Å². The van der Waals surface area contributed by atoms with E-state index in [9.17, 15) is 15.3 Å². The van der Waals surface area contributed by atoms with Crippen LogP contribution in [-0.4, -0.2) is 14.5 Å². The Morgan fingerprint density at radius 2 is 1.76 bits per heavy atom. The standard InChI is InChI=1S/C29H21N7O/c1-18(34-27-22(16-31)17-33-29(32)35-27)25-14-21-9-6-12-24(20-8-5-7-19(13-20)15-30)26(21)28(37)36(25)23-10-3-2-4-11-23/h2-14,17-18H,1H3,(H3,32,33,34,35). The van der Waals surface area contributed by atoms with E-state index in [4.69, 9.17) is 5.73 Å². The van der Waals surface area contributed by atoms with Crippen LogP contribution in [0.5, 0.6) is 0 Å². The van der Waals surface area contributed by atoms with E-state index in [1.54, 1.807) is 16.7 Å². The number of nitrogen functional groups attached to an aromatic ring is 1. The summed E-state index contributed by atoms with van der Waals surface area (Å²) in [6.45, 7) is 1.89. The lowest BCUT2D eigenvalue weighted by molar-refractivity contribution is 0.772. The van der Waals surface area contributed by atoms with Crippen molar-refractivity contribution in [1.29, 1.82) is 10.5 Å². The Labute approximate surface area is 212 Å². The van der Waals surface area contributed by atoms with Gasteiger partial charge in [0.25, 0.3) is 5.56 Å². The molecule has 0 saturated carbocycles. The highest BCUT2D eigenvalue weighted by atomic mass is 16.1. The van der Waals surface area contributed by atoms with Crippen LogP contribution in [0.3, 0.4) is 0 Å². The van der Waals surface area contributed by atoms with Gasteiger partial charge in [-0.15, -0.1) is 0 Å². The normalized spacial score (nSPS) is 11.4. The number of benzene rings is 3. The smallest absolute Gasteiger partial charge is 0.263 e. The van der Waals surface area contributed by atoms with Crippen molar-refractivity contribution in [2.24, 2.45) is 0 Å². The Bertz CT molecular complexity index is 1780. The molecule has 0 spiro atoms. The van der Waals surface area contributed by atoms with Gasteiger partial charge in [0.15, 0.2) is 0 Å². The molecule has 5 aromatic rings. The van der Waals surface area contributed by atoms with Crippen molar-refractivity contribution in [2.75, 3.05) is 11.1 Å². The number of fused-ring (bicyclic) bond motifs is 1. The number of hydrogen-bond donors (Lipinski definition) is 2. The molecule has 0 amide bonds. The van der Waals surface area contributed by atoms with Crippen molar-refractivity contribution in [3.8, 4) is 29.0 Å². The van der Waals surface area contributed by atoms with Gasteiger partial charge in [-0.05, 0) is 53.8 Å². The molecule has 0 radical (unpaired) electrons. The highest BCUT2D eigenvalue weighted by Crippen LogP contribution is 2.30. The molecule has 8 heteroatoms. The van der Waals surface area contributed by atoms with E-state index >= 15 is 0 Å². The third kappa shape index (κ3) is 4.36. The van der Waals surface area contributed by atoms with Crippen molar-refractivity contribution < 1.29 is 0 Å². The molecule has 3 aromatic carbocycles. The van der Waals surface area contributed by atoms with Crippen LogP contribution in [0.25, 0.3) is 27.6 Å². The van der Waals surface area contributed by atoms with Gasteiger partial charge in [0.2, 0.25) is 5.95 Å². The first kappa shape index (κ1) is 23.3. The van der Waals surface area contributed by atoms with Crippen LogP contribution in [0, 0.1) is 22.7 Å². The monoisotopic (exact) mass is 483 g/mol. The molecule has 5 rings (SSSR count). The van der Waals surface area contributed by atoms with Crippen molar-refractivity contribution in [3.63, 3.8) is 0 Å². The molecule has 1 unspecified atom stereocenters. The van der Waals surface area contributed by atoms with Crippen molar-refractivity contribution in [2.45, 2.75) is 13.0 Å². The van der Waals surface area contributed by atoms with Gasteiger partial charge < -0.3 is 11.1 Å². The average Bonchev–Trinajstić information content (AvgIpc) is 2.93. The van der Waals surface area contributed by atoms with Crippen LogP contribution < -0.4 is 16.6 Å². The second-order valence-corrected chi connectivity index (χ2v) is 8.48. The number of rotatable bonds is 5. The predicted octanol–water partition coefficient (Wildman–Crippen LogP) is 4.95. The first-order valence-electron chi connectivity index (χ1n) is 11.5. The minimum atomic E-state index is -0.427. The van der Waals surface area contributed by atoms with Gasteiger partial charge in [-0.25, -0.2) is 4.98 Å². The van der Waals surface area contributed by atoms with Gasteiger partial charge in [0.05, 0.1) is 29.3 Å². The molecule has 1 atom stereocenters. The zero-order valence-corrected chi connectivity index (χ0v) is 19.9. The number of anilines is 2. The van der Waals surface area contributed by atoms with E-state index in [1.165, 1.54) is 6.20 Å². The maximum absolute atomic E-state index is 14.2. The molecule has 0 fully saturated rings. The Morgan fingerprint density at radius 1 is 0.973 bits per heavy atom.